The molecule has 2 atom stereocenters. The molecule has 0 bridgehead atoms. The Balaban J connectivity index is 1.54. The number of nitrogens with zero attached hydrogens (tertiary/aromatic N) is 2. The van der Waals surface area contributed by atoms with Crippen molar-refractivity contribution in [3.8, 4) is 0 Å². The Morgan fingerprint density at radius 2 is 1.70 bits per heavy atom. The fraction of sp³-hybridized carbons (Fsp3) is 1.00. The van der Waals surface area contributed by atoms with Crippen LogP contribution < -0.4 is 0 Å². The first-order valence-electron chi connectivity index (χ1n) is 7.96. The summed E-state index contributed by atoms with van der Waals surface area (Å²) in [6, 6.07) is 0.294. The van der Waals surface area contributed by atoms with Gasteiger partial charge in [-0.1, -0.05) is 6.92 Å². The van der Waals surface area contributed by atoms with Crippen molar-refractivity contribution in [2.24, 2.45) is 5.41 Å². The van der Waals surface area contributed by atoms with E-state index in [-0.39, 0.29) is 6.10 Å². The van der Waals surface area contributed by atoms with E-state index in [1.54, 1.807) is 0 Å². The fourth-order valence-electron chi connectivity index (χ4n) is 3.81. The number of morpholine rings is 1. The molecule has 0 amide bonds. The highest BCUT2D eigenvalue weighted by Crippen LogP contribution is 2.32. The summed E-state index contributed by atoms with van der Waals surface area (Å²) in [7, 11) is 0. The van der Waals surface area contributed by atoms with Gasteiger partial charge >= 0.3 is 0 Å². The number of hydrogen-bond donors (Lipinski definition) is 1. The molecule has 3 rings (SSSR count). The molecule has 0 aromatic rings. The van der Waals surface area contributed by atoms with Gasteiger partial charge in [-0.2, -0.15) is 0 Å². The zero-order valence-electron chi connectivity index (χ0n) is 12.6. The van der Waals surface area contributed by atoms with Crippen LogP contribution in [-0.4, -0.2) is 86.2 Å². The molecule has 116 valence electrons. The van der Waals surface area contributed by atoms with Crippen LogP contribution >= 0.6 is 0 Å². The minimum atomic E-state index is -0.212. The number of β-amino-alcohol motifs (C(OH)–C–C–N with tert-alkyl or cyclic N) is 1. The SMILES string of the molecule is CC1(CN2C[C@H](O)[C@@H](N3CCOCC3)C2)CCOCC1. The van der Waals surface area contributed by atoms with Gasteiger partial charge in [-0.15, -0.1) is 0 Å². The lowest BCUT2D eigenvalue weighted by atomic mass is 9.82. The van der Waals surface area contributed by atoms with E-state index in [0.717, 1.165) is 72.0 Å². The summed E-state index contributed by atoms with van der Waals surface area (Å²) in [5, 5.41) is 10.4. The summed E-state index contributed by atoms with van der Waals surface area (Å²) in [5.74, 6) is 0. The third kappa shape index (κ3) is 3.34. The van der Waals surface area contributed by atoms with Crippen molar-refractivity contribution in [1.29, 1.82) is 0 Å². The molecule has 3 heterocycles. The number of likely N-dealkylation sites (tertiary alicyclic amines) is 1. The second-order valence-electron chi connectivity index (χ2n) is 6.90. The van der Waals surface area contributed by atoms with Gasteiger partial charge < -0.3 is 14.6 Å². The maximum absolute atomic E-state index is 10.4. The van der Waals surface area contributed by atoms with Crippen LogP contribution in [0.2, 0.25) is 0 Å². The summed E-state index contributed by atoms with van der Waals surface area (Å²) in [5.41, 5.74) is 0.359. The quantitative estimate of drug-likeness (QED) is 0.801. The van der Waals surface area contributed by atoms with Gasteiger partial charge in [0.1, 0.15) is 0 Å². The van der Waals surface area contributed by atoms with Gasteiger partial charge in [0.15, 0.2) is 0 Å². The Hall–Kier alpha value is -0.200. The molecule has 0 spiro atoms. The lowest BCUT2D eigenvalue weighted by molar-refractivity contribution is -0.00705. The molecule has 3 saturated heterocycles. The topological polar surface area (TPSA) is 45.2 Å². The smallest absolute Gasteiger partial charge is 0.0834 e. The van der Waals surface area contributed by atoms with Crippen molar-refractivity contribution in [3.05, 3.63) is 0 Å². The van der Waals surface area contributed by atoms with Crippen LogP contribution in [0.3, 0.4) is 0 Å². The first-order chi connectivity index (χ1) is 9.66. The van der Waals surface area contributed by atoms with Crippen molar-refractivity contribution >= 4 is 0 Å². The summed E-state index contributed by atoms with van der Waals surface area (Å²) in [6.45, 7) is 10.6. The summed E-state index contributed by atoms with van der Waals surface area (Å²) in [6.07, 6.45) is 2.07. The van der Waals surface area contributed by atoms with E-state index in [1.807, 2.05) is 0 Å². The fourth-order valence-corrected chi connectivity index (χ4v) is 3.81. The van der Waals surface area contributed by atoms with E-state index in [1.165, 1.54) is 0 Å². The van der Waals surface area contributed by atoms with Crippen LogP contribution in [0.1, 0.15) is 19.8 Å². The Labute approximate surface area is 121 Å². The Kier molecular flexibility index (Phi) is 4.62. The molecular weight excluding hydrogens is 256 g/mol. The zero-order chi connectivity index (χ0) is 14.0. The van der Waals surface area contributed by atoms with Gasteiger partial charge in [0.05, 0.1) is 19.3 Å². The van der Waals surface area contributed by atoms with Gasteiger partial charge in [0.25, 0.3) is 0 Å². The molecule has 1 N–H and O–H groups in total. The van der Waals surface area contributed by atoms with Crippen LogP contribution in [0.25, 0.3) is 0 Å². The van der Waals surface area contributed by atoms with Crippen molar-refractivity contribution < 1.29 is 14.6 Å². The van der Waals surface area contributed by atoms with Gasteiger partial charge in [-0.25, -0.2) is 0 Å². The van der Waals surface area contributed by atoms with E-state index in [0.29, 0.717) is 11.5 Å². The number of aliphatic hydroxyl groups is 1. The number of ether oxygens (including phenoxy) is 2. The van der Waals surface area contributed by atoms with E-state index in [4.69, 9.17) is 9.47 Å². The maximum Gasteiger partial charge on any atom is 0.0834 e. The van der Waals surface area contributed by atoms with Crippen LogP contribution in [0.5, 0.6) is 0 Å². The highest BCUT2D eigenvalue weighted by molar-refractivity contribution is 4.94. The normalized spacial score (nSPS) is 36.3. The molecule has 0 aromatic heterocycles. The largest absolute Gasteiger partial charge is 0.390 e. The van der Waals surface area contributed by atoms with E-state index >= 15 is 0 Å². The van der Waals surface area contributed by atoms with Crippen LogP contribution in [-0.2, 0) is 9.47 Å². The number of hydrogen-bond acceptors (Lipinski definition) is 5. The second kappa shape index (κ2) is 6.28. The Morgan fingerprint density at radius 1 is 1.05 bits per heavy atom. The minimum absolute atomic E-state index is 0.212. The molecule has 5 heteroatoms. The lowest BCUT2D eigenvalue weighted by Gasteiger charge is -2.37. The van der Waals surface area contributed by atoms with E-state index in [2.05, 4.69) is 16.7 Å². The first-order valence-corrected chi connectivity index (χ1v) is 7.96. The molecule has 0 aliphatic carbocycles. The van der Waals surface area contributed by atoms with Gasteiger partial charge in [0.2, 0.25) is 0 Å². The highest BCUT2D eigenvalue weighted by atomic mass is 16.5. The molecule has 0 saturated carbocycles. The van der Waals surface area contributed by atoms with E-state index in [9.17, 15) is 5.11 Å². The molecule has 0 aromatic carbocycles. The molecule has 3 aliphatic rings. The Bertz CT molecular complexity index is 314. The molecule has 3 fully saturated rings. The van der Waals surface area contributed by atoms with Crippen LogP contribution in [0.4, 0.5) is 0 Å². The maximum atomic E-state index is 10.4. The minimum Gasteiger partial charge on any atom is -0.390 e. The predicted molar refractivity (Wildman–Crippen MR) is 76.8 cm³/mol. The average Bonchev–Trinajstić information content (AvgIpc) is 2.80. The van der Waals surface area contributed by atoms with E-state index < -0.39 is 0 Å². The zero-order valence-corrected chi connectivity index (χ0v) is 12.6. The predicted octanol–water partition coefficient (Wildman–Crippen LogP) is 0.180. The first kappa shape index (κ1) is 14.7. The van der Waals surface area contributed by atoms with Crippen LogP contribution in [0, 0.1) is 5.41 Å². The lowest BCUT2D eigenvalue weighted by Crippen LogP contribution is -2.49. The van der Waals surface area contributed by atoms with Crippen LogP contribution in [0.15, 0.2) is 0 Å². The highest BCUT2D eigenvalue weighted by Gasteiger charge is 2.39. The van der Waals surface area contributed by atoms with Crippen molar-refractivity contribution in [1.82, 2.24) is 9.80 Å². The third-order valence-corrected chi connectivity index (χ3v) is 5.15. The number of aliphatic hydroxyl groups excluding tert-OH is 1. The van der Waals surface area contributed by atoms with Crippen molar-refractivity contribution in [2.75, 3.05) is 59.2 Å². The second-order valence-corrected chi connectivity index (χ2v) is 6.90. The average molecular weight is 284 g/mol. The van der Waals surface area contributed by atoms with Gasteiger partial charge in [0, 0.05) is 52.0 Å². The molecule has 20 heavy (non-hydrogen) atoms. The molecular formula is C15H28N2O3. The van der Waals surface area contributed by atoms with Crippen molar-refractivity contribution in [3.63, 3.8) is 0 Å². The van der Waals surface area contributed by atoms with Crippen molar-refractivity contribution in [2.45, 2.75) is 31.9 Å². The molecule has 0 unspecified atom stereocenters. The summed E-state index contributed by atoms with van der Waals surface area (Å²) >= 11 is 0. The third-order valence-electron chi connectivity index (χ3n) is 5.15. The van der Waals surface area contributed by atoms with Gasteiger partial charge in [-0.3, -0.25) is 9.80 Å². The molecule has 3 aliphatic heterocycles. The summed E-state index contributed by atoms with van der Waals surface area (Å²) in [4.78, 5) is 4.86. The Morgan fingerprint density at radius 3 is 2.40 bits per heavy atom. The monoisotopic (exact) mass is 284 g/mol. The number of rotatable bonds is 3. The standard InChI is InChI=1S/C15H28N2O3/c1-15(2-6-19-7-3-15)12-16-10-13(14(18)11-16)17-4-8-20-9-5-17/h13-14,18H,2-12H2,1H3/t13-,14-/m0/s1. The molecule has 0 radical (unpaired) electrons. The summed E-state index contributed by atoms with van der Waals surface area (Å²) < 4.78 is 10.9. The molecule has 5 nitrogen and oxygen atoms in total. The van der Waals surface area contributed by atoms with Gasteiger partial charge in [-0.05, 0) is 18.3 Å².